The lowest BCUT2D eigenvalue weighted by molar-refractivity contribution is -0.0380. The van der Waals surface area contributed by atoms with Crippen LogP contribution >= 0.6 is 11.6 Å². The number of benzene rings is 3. The van der Waals surface area contributed by atoms with Crippen molar-refractivity contribution in [1.82, 2.24) is 28.7 Å². The molecule has 1 aliphatic heterocycles. The Kier molecular flexibility index (Phi) is 8.24. The normalized spacial score (nSPS) is 19.5. The SMILES string of the molecule is Nc1ncnc2c1ncn2[C@@H]1O[C@H](CCn2c(O)c(Cc3ccc(-c4ccccc4)cc3)n(Cc3ccc(Cl)cc3)c2=O)C(O)[C@H]1O. The number of halogens is 1. The number of aromatic hydroxyl groups is 1. The maximum absolute atomic E-state index is 13.8. The van der Waals surface area contributed by atoms with E-state index in [1.54, 1.807) is 16.7 Å². The maximum atomic E-state index is 13.8. The third kappa shape index (κ3) is 5.87. The number of imidazole rings is 2. The van der Waals surface area contributed by atoms with E-state index in [0.717, 1.165) is 22.3 Å². The summed E-state index contributed by atoms with van der Waals surface area (Å²) in [6.45, 7) is 0.245. The standard InChI is InChI=1S/C34H32ClN7O5/c35-24-12-8-21(9-13-24)17-41-25(16-20-6-10-23(11-7-20)22-4-2-1-3-5-22)32(45)40(34(41)46)15-14-26-28(43)29(44)33(47-26)42-19-39-27-30(36)37-18-38-31(27)42/h1-13,18-19,26,28-29,33,43-45H,14-17H2,(H2,36,37,38)/t26-,28?,29-,33-/m1/s1. The van der Waals surface area contributed by atoms with Crippen LogP contribution in [0.4, 0.5) is 5.82 Å². The summed E-state index contributed by atoms with van der Waals surface area (Å²) < 4.78 is 10.4. The quantitative estimate of drug-likeness (QED) is 0.182. The van der Waals surface area contributed by atoms with Crippen molar-refractivity contribution in [2.45, 2.75) is 50.5 Å². The molecule has 4 atom stereocenters. The third-order valence-electron chi connectivity index (χ3n) is 8.62. The molecule has 13 heteroatoms. The van der Waals surface area contributed by atoms with Gasteiger partial charge in [0.25, 0.3) is 0 Å². The number of aliphatic hydroxyl groups is 2. The summed E-state index contributed by atoms with van der Waals surface area (Å²) in [5, 5.41) is 33.9. The van der Waals surface area contributed by atoms with Crippen LogP contribution in [0.5, 0.6) is 5.88 Å². The van der Waals surface area contributed by atoms with E-state index in [9.17, 15) is 20.1 Å². The van der Waals surface area contributed by atoms with Crippen LogP contribution in [-0.4, -0.2) is 62.3 Å². The lowest BCUT2D eigenvalue weighted by Gasteiger charge is -2.16. The van der Waals surface area contributed by atoms with E-state index >= 15 is 0 Å². The van der Waals surface area contributed by atoms with Crippen LogP contribution in [0.1, 0.15) is 29.5 Å². The van der Waals surface area contributed by atoms with Gasteiger partial charge in [0.1, 0.15) is 24.1 Å². The van der Waals surface area contributed by atoms with Crippen molar-refractivity contribution in [2.24, 2.45) is 0 Å². The van der Waals surface area contributed by atoms with Crippen molar-refractivity contribution in [3.63, 3.8) is 0 Å². The van der Waals surface area contributed by atoms with Crippen molar-refractivity contribution < 1.29 is 20.1 Å². The van der Waals surface area contributed by atoms with Gasteiger partial charge in [-0.2, -0.15) is 0 Å². The highest BCUT2D eigenvalue weighted by Gasteiger charge is 2.44. The van der Waals surface area contributed by atoms with Gasteiger partial charge in [0.05, 0.1) is 24.7 Å². The van der Waals surface area contributed by atoms with Gasteiger partial charge in [-0.25, -0.2) is 19.7 Å². The monoisotopic (exact) mass is 653 g/mol. The number of nitrogen functional groups attached to an aromatic ring is 1. The van der Waals surface area contributed by atoms with Crippen LogP contribution in [0.3, 0.4) is 0 Å². The van der Waals surface area contributed by atoms with Crippen molar-refractivity contribution >= 4 is 28.6 Å². The number of anilines is 1. The Hall–Kier alpha value is -5.01. The highest BCUT2D eigenvalue weighted by atomic mass is 35.5. The number of aromatic nitrogens is 6. The number of hydrogen-bond acceptors (Lipinski definition) is 9. The summed E-state index contributed by atoms with van der Waals surface area (Å²) in [6.07, 6.45) is -1.29. The van der Waals surface area contributed by atoms with Crippen molar-refractivity contribution in [3.05, 3.63) is 124 Å². The Labute approximate surface area is 273 Å². The number of rotatable bonds is 9. The number of ether oxygens (including phenoxy) is 1. The first-order valence-electron chi connectivity index (χ1n) is 15.1. The van der Waals surface area contributed by atoms with Crippen LogP contribution in [0.2, 0.25) is 5.02 Å². The number of aliphatic hydroxyl groups excluding tert-OH is 2. The van der Waals surface area contributed by atoms with E-state index in [1.807, 2.05) is 66.7 Å². The molecule has 1 aliphatic rings. The average molecular weight is 654 g/mol. The number of fused-ring (bicyclic) bond motifs is 1. The minimum absolute atomic E-state index is 0.0270. The first kappa shape index (κ1) is 30.6. The summed E-state index contributed by atoms with van der Waals surface area (Å²) in [7, 11) is 0. The van der Waals surface area contributed by atoms with E-state index in [-0.39, 0.29) is 31.2 Å². The second kappa shape index (κ2) is 12.6. The predicted octanol–water partition coefficient (Wildman–Crippen LogP) is 3.75. The van der Waals surface area contributed by atoms with E-state index < -0.39 is 30.2 Å². The summed E-state index contributed by atoms with van der Waals surface area (Å²) in [6, 6.07) is 25.2. The van der Waals surface area contributed by atoms with Crippen molar-refractivity contribution in [2.75, 3.05) is 5.73 Å². The minimum Gasteiger partial charge on any atom is -0.493 e. The Morgan fingerprint density at radius 2 is 1.55 bits per heavy atom. The fraction of sp³-hybridized carbons (Fsp3) is 0.235. The van der Waals surface area contributed by atoms with Crippen molar-refractivity contribution in [3.8, 4) is 17.0 Å². The Balaban J connectivity index is 1.15. The zero-order chi connectivity index (χ0) is 32.7. The second-order valence-electron chi connectivity index (χ2n) is 11.6. The largest absolute Gasteiger partial charge is 0.493 e. The molecule has 0 radical (unpaired) electrons. The first-order chi connectivity index (χ1) is 22.8. The molecule has 5 N–H and O–H groups in total. The van der Waals surface area contributed by atoms with Gasteiger partial charge in [0.2, 0.25) is 5.88 Å². The van der Waals surface area contributed by atoms with E-state index in [1.165, 1.54) is 21.8 Å². The molecule has 0 spiro atoms. The summed E-state index contributed by atoms with van der Waals surface area (Å²) in [5.74, 6) is 0.00713. The highest BCUT2D eigenvalue weighted by molar-refractivity contribution is 6.30. The van der Waals surface area contributed by atoms with E-state index in [0.29, 0.717) is 28.3 Å². The Morgan fingerprint density at radius 3 is 2.30 bits per heavy atom. The number of nitrogens with two attached hydrogens (primary N) is 1. The first-order valence-corrected chi connectivity index (χ1v) is 15.5. The van der Waals surface area contributed by atoms with Crippen LogP contribution < -0.4 is 11.4 Å². The molecule has 3 aromatic heterocycles. The number of hydrogen-bond donors (Lipinski definition) is 4. The molecular weight excluding hydrogens is 622 g/mol. The molecule has 1 fully saturated rings. The van der Waals surface area contributed by atoms with E-state index in [4.69, 9.17) is 22.1 Å². The molecule has 12 nitrogen and oxygen atoms in total. The highest BCUT2D eigenvalue weighted by Crippen LogP contribution is 2.34. The van der Waals surface area contributed by atoms with Gasteiger partial charge >= 0.3 is 5.69 Å². The molecule has 0 amide bonds. The van der Waals surface area contributed by atoms with Gasteiger partial charge in [-0.05, 0) is 40.8 Å². The molecule has 6 aromatic rings. The van der Waals surface area contributed by atoms with Gasteiger partial charge in [-0.15, -0.1) is 0 Å². The molecule has 3 aromatic carbocycles. The third-order valence-corrected chi connectivity index (χ3v) is 8.88. The second-order valence-corrected chi connectivity index (χ2v) is 12.0. The molecule has 4 heterocycles. The zero-order valence-electron chi connectivity index (χ0n) is 25.1. The fourth-order valence-electron chi connectivity index (χ4n) is 6.09. The predicted molar refractivity (Wildman–Crippen MR) is 176 cm³/mol. The number of nitrogens with zero attached hydrogens (tertiary/aromatic N) is 6. The molecule has 47 heavy (non-hydrogen) atoms. The summed E-state index contributed by atoms with van der Waals surface area (Å²) in [4.78, 5) is 26.2. The van der Waals surface area contributed by atoms with E-state index in [2.05, 4.69) is 15.0 Å². The van der Waals surface area contributed by atoms with Crippen LogP contribution in [0.15, 0.2) is 96.3 Å². The molecule has 240 valence electrons. The van der Waals surface area contributed by atoms with Gasteiger partial charge in [0, 0.05) is 18.0 Å². The average Bonchev–Trinajstić information content (AvgIpc) is 3.71. The van der Waals surface area contributed by atoms with Gasteiger partial charge in [-0.1, -0.05) is 78.3 Å². The van der Waals surface area contributed by atoms with Gasteiger partial charge in [-0.3, -0.25) is 13.7 Å². The molecular formula is C34H32ClN7O5. The fourth-order valence-corrected chi connectivity index (χ4v) is 6.21. The topological polar surface area (TPSA) is 166 Å². The van der Waals surface area contributed by atoms with Crippen LogP contribution in [-0.2, 0) is 24.2 Å². The summed E-state index contributed by atoms with van der Waals surface area (Å²) >= 11 is 6.10. The molecule has 0 aliphatic carbocycles. The zero-order valence-corrected chi connectivity index (χ0v) is 25.9. The molecule has 1 saturated heterocycles. The molecule has 1 unspecified atom stereocenters. The smallest absolute Gasteiger partial charge is 0.331 e. The van der Waals surface area contributed by atoms with Crippen LogP contribution in [0, 0.1) is 0 Å². The lowest BCUT2D eigenvalue weighted by Crippen LogP contribution is -2.33. The van der Waals surface area contributed by atoms with Crippen molar-refractivity contribution in [1.29, 1.82) is 0 Å². The van der Waals surface area contributed by atoms with Crippen LogP contribution in [0.25, 0.3) is 22.3 Å². The molecule has 0 saturated carbocycles. The lowest BCUT2D eigenvalue weighted by atomic mass is 10.0. The molecule has 7 rings (SSSR count). The molecule has 0 bridgehead atoms. The Morgan fingerprint density at radius 1 is 0.851 bits per heavy atom. The summed E-state index contributed by atoms with van der Waals surface area (Å²) in [5.41, 5.74) is 10.5. The van der Waals surface area contributed by atoms with Gasteiger partial charge in [0.15, 0.2) is 17.7 Å². The minimum atomic E-state index is -1.30. The van der Waals surface area contributed by atoms with Gasteiger partial charge < -0.3 is 25.8 Å². The maximum Gasteiger partial charge on any atom is 0.331 e. The Bertz CT molecular complexity index is 2080.